The first kappa shape index (κ1) is 11.7. The van der Waals surface area contributed by atoms with Crippen LogP contribution < -0.4 is 0 Å². The quantitative estimate of drug-likeness (QED) is 0.631. The summed E-state index contributed by atoms with van der Waals surface area (Å²) in [6.07, 6.45) is 2.83. The molecule has 52 valence electrons. The topological polar surface area (TPSA) is 3.24 Å². The molecular weight excluding hydrogens is 234 g/mol. The summed E-state index contributed by atoms with van der Waals surface area (Å²) in [5, 5.41) is 0. The summed E-state index contributed by atoms with van der Waals surface area (Å²) in [7, 11) is 2.17. The average Bonchev–Trinajstić information content (AvgIpc) is 1.86. The summed E-state index contributed by atoms with van der Waals surface area (Å²) >= 11 is 0. The van der Waals surface area contributed by atoms with Crippen LogP contribution in [0.25, 0.3) is 0 Å². The number of likely N-dealkylation sites (tertiary alicyclic amines) is 1. The molecule has 0 saturated carbocycles. The normalized spacial score (nSPS) is 19.1. The molecular formula is C5H13Br2N. The summed E-state index contributed by atoms with van der Waals surface area (Å²) in [6.45, 7) is 2.64. The van der Waals surface area contributed by atoms with Gasteiger partial charge >= 0.3 is 0 Å². The van der Waals surface area contributed by atoms with Crippen molar-refractivity contribution in [1.82, 2.24) is 4.90 Å². The second-order valence-electron chi connectivity index (χ2n) is 2.01. The maximum Gasteiger partial charge on any atom is -0.00213 e. The Morgan fingerprint density at radius 1 is 1.00 bits per heavy atom. The van der Waals surface area contributed by atoms with E-state index in [4.69, 9.17) is 0 Å². The third kappa shape index (κ3) is 3.87. The van der Waals surface area contributed by atoms with Gasteiger partial charge in [-0.2, -0.15) is 0 Å². The highest BCUT2D eigenvalue weighted by atomic mass is 79.9. The Labute approximate surface area is 72.0 Å². The summed E-state index contributed by atoms with van der Waals surface area (Å²) < 4.78 is 0. The Morgan fingerprint density at radius 3 is 1.50 bits per heavy atom. The first-order valence-electron chi connectivity index (χ1n) is 2.58. The molecule has 0 bridgehead atoms. The number of halogens is 2. The van der Waals surface area contributed by atoms with Gasteiger partial charge in [0.25, 0.3) is 0 Å². The molecule has 8 heavy (non-hydrogen) atoms. The molecule has 0 spiro atoms. The molecule has 1 rings (SSSR count). The fraction of sp³-hybridized carbons (Fsp3) is 1.00. The maximum atomic E-state index is 2.36. The van der Waals surface area contributed by atoms with Crippen LogP contribution in [0.3, 0.4) is 0 Å². The lowest BCUT2D eigenvalue weighted by Gasteiger charge is -2.01. The molecule has 0 atom stereocenters. The van der Waals surface area contributed by atoms with Crippen LogP contribution in [-0.4, -0.2) is 25.0 Å². The molecule has 0 radical (unpaired) electrons. The molecule has 0 unspecified atom stereocenters. The van der Waals surface area contributed by atoms with E-state index in [1.165, 1.54) is 25.9 Å². The van der Waals surface area contributed by atoms with Gasteiger partial charge in [-0.25, -0.2) is 0 Å². The van der Waals surface area contributed by atoms with Crippen LogP contribution in [0, 0.1) is 0 Å². The molecule has 0 N–H and O–H groups in total. The second-order valence-corrected chi connectivity index (χ2v) is 2.01. The summed E-state index contributed by atoms with van der Waals surface area (Å²) in [4.78, 5) is 2.36. The molecule has 0 aliphatic carbocycles. The standard InChI is InChI=1S/C5H11N.2BrH/c1-6-4-2-3-5-6;;/h2-5H2,1H3;2*1H. The lowest BCUT2D eigenvalue weighted by Crippen LogP contribution is -2.10. The monoisotopic (exact) mass is 245 g/mol. The number of hydrogen-bond acceptors (Lipinski definition) is 1. The zero-order chi connectivity index (χ0) is 4.41. The number of nitrogens with zero attached hydrogens (tertiary/aromatic N) is 1. The molecule has 1 aliphatic heterocycles. The highest BCUT2D eigenvalue weighted by Crippen LogP contribution is 2.01. The fourth-order valence-electron chi connectivity index (χ4n) is 0.875. The highest BCUT2D eigenvalue weighted by molar-refractivity contribution is 8.93. The van der Waals surface area contributed by atoms with Gasteiger partial charge in [0.2, 0.25) is 0 Å². The minimum Gasteiger partial charge on any atom is -0.306 e. The first-order valence-corrected chi connectivity index (χ1v) is 2.58. The second kappa shape index (κ2) is 6.05. The lowest BCUT2D eigenvalue weighted by atomic mass is 10.4. The van der Waals surface area contributed by atoms with Crippen molar-refractivity contribution in [3.05, 3.63) is 0 Å². The molecule has 1 fully saturated rings. The Hall–Kier alpha value is 0.920. The van der Waals surface area contributed by atoms with Crippen LogP contribution in [0.4, 0.5) is 0 Å². The smallest absolute Gasteiger partial charge is 0.00213 e. The SMILES string of the molecule is Br.Br.CN1CCCC1. The predicted octanol–water partition coefficient (Wildman–Crippen LogP) is 1.87. The van der Waals surface area contributed by atoms with Crippen LogP contribution in [0.1, 0.15) is 12.8 Å². The van der Waals surface area contributed by atoms with Crippen molar-refractivity contribution < 1.29 is 0 Å². The molecule has 1 nitrogen and oxygen atoms in total. The largest absolute Gasteiger partial charge is 0.306 e. The first-order chi connectivity index (χ1) is 2.89. The number of hydrogen-bond donors (Lipinski definition) is 0. The van der Waals surface area contributed by atoms with Gasteiger partial charge in [-0.15, -0.1) is 34.0 Å². The molecule has 3 heteroatoms. The van der Waals surface area contributed by atoms with Crippen LogP contribution in [0.5, 0.6) is 0 Å². The summed E-state index contributed by atoms with van der Waals surface area (Å²) in [5.41, 5.74) is 0. The van der Waals surface area contributed by atoms with Gasteiger partial charge in [-0.05, 0) is 33.0 Å². The molecule has 0 aromatic carbocycles. The highest BCUT2D eigenvalue weighted by Gasteiger charge is 2.03. The molecule has 0 aromatic heterocycles. The van der Waals surface area contributed by atoms with E-state index in [1.54, 1.807) is 0 Å². The maximum absolute atomic E-state index is 2.36. The van der Waals surface area contributed by atoms with E-state index in [0.717, 1.165) is 0 Å². The van der Waals surface area contributed by atoms with Crippen molar-refractivity contribution >= 4 is 34.0 Å². The third-order valence-corrected chi connectivity index (χ3v) is 1.33. The van der Waals surface area contributed by atoms with Gasteiger partial charge in [-0.3, -0.25) is 0 Å². The minimum absolute atomic E-state index is 0. The van der Waals surface area contributed by atoms with Gasteiger partial charge in [-0.1, -0.05) is 0 Å². The number of rotatable bonds is 0. The summed E-state index contributed by atoms with van der Waals surface area (Å²) in [5.74, 6) is 0. The van der Waals surface area contributed by atoms with E-state index in [2.05, 4.69) is 11.9 Å². The molecule has 1 saturated heterocycles. The van der Waals surface area contributed by atoms with Crippen molar-refractivity contribution in [3.8, 4) is 0 Å². The minimum atomic E-state index is 0. The van der Waals surface area contributed by atoms with E-state index < -0.39 is 0 Å². The van der Waals surface area contributed by atoms with E-state index in [9.17, 15) is 0 Å². The zero-order valence-corrected chi connectivity index (χ0v) is 8.52. The van der Waals surface area contributed by atoms with Crippen molar-refractivity contribution in [2.24, 2.45) is 0 Å². The third-order valence-electron chi connectivity index (χ3n) is 1.33. The van der Waals surface area contributed by atoms with Crippen LogP contribution in [0.15, 0.2) is 0 Å². The molecule has 0 aromatic rings. The fourth-order valence-corrected chi connectivity index (χ4v) is 0.875. The Balaban J connectivity index is 0. The Kier molecular flexibility index (Phi) is 8.83. The van der Waals surface area contributed by atoms with Crippen molar-refractivity contribution in [3.63, 3.8) is 0 Å². The van der Waals surface area contributed by atoms with Gasteiger partial charge < -0.3 is 4.90 Å². The molecule has 1 heterocycles. The van der Waals surface area contributed by atoms with Crippen LogP contribution in [-0.2, 0) is 0 Å². The van der Waals surface area contributed by atoms with E-state index in [0.29, 0.717) is 0 Å². The van der Waals surface area contributed by atoms with Crippen LogP contribution >= 0.6 is 34.0 Å². The van der Waals surface area contributed by atoms with E-state index >= 15 is 0 Å². The van der Waals surface area contributed by atoms with E-state index in [1.807, 2.05) is 0 Å². The Bertz CT molecular complexity index is 43.7. The lowest BCUT2D eigenvalue weighted by molar-refractivity contribution is 0.418. The molecule has 0 amide bonds. The van der Waals surface area contributed by atoms with Gasteiger partial charge in [0, 0.05) is 0 Å². The van der Waals surface area contributed by atoms with Gasteiger partial charge in [0.15, 0.2) is 0 Å². The van der Waals surface area contributed by atoms with Crippen LogP contribution in [0.2, 0.25) is 0 Å². The summed E-state index contributed by atoms with van der Waals surface area (Å²) in [6, 6.07) is 0. The zero-order valence-electron chi connectivity index (χ0n) is 5.09. The van der Waals surface area contributed by atoms with Gasteiger partial charge in [0.1, 0.15) is 0 Å². The van der Waals surface area contributed by atoms with Gasteiger partial charge in [0.05, 0.1) is 0 Å². The molecule has 1 aliphatic rings. The van der Waals surface area contributed by atoms with Crippen molar-refractivity contribution in [2.75, 3.05) is 20.1 Å². The van der Waals surface area contributed by atoms with Crippen molar-refractivity contribution in [1.29, 1.82) is 0 Å². The van der Waals surface area contributed by atoms with Crippen molar-refractivity contribution in [2.45, 2.75) is 12.8 Å². The Morgan fingerprint density at radius 2 is 1.38 bits per heavy atom. The average molecular weight is 247 g/mol. The van der Waals surface area contributed by atoms with E-state index in [-0.39, 0.29) is 34.0 Å². The predicted molar refractivity (Wildman–Crippen MR) is 47.4 cm³/mol.